The van der Waals surface area contributed by atoms with E-state index in [1.54, 1.807) is 38.1 Å². The number of hydrogen-bond acceptors (Lipinski definition) is 7. The third-order valence-electron chi connectivity index (χ3n) is 6.47. The average Bonchev–Trinajstić information content (AvgIpc) is 2.94. The molecular weight excluding hydrogens is 532 g/mol. The fourth-order valence-electron chi connectivity index (χ4n) is 4.29. The van der Waals surface area contributed by atoms with E-state index in [4.69, 9.17) is 18.6 Å². The van der Waals surface area contributed by atoms with E-state index in [1.165, 1.54) is 0 Å². The Bertz CT molecular complexity index is 1510. The van der Waals surface area contributed by atoms with E-state index in [-0.39, 0.29) is 5.97 Å². The number of benzene rings is 2. The number of ether oxygens (including phenoxy) is 3. The third-order valence-corrected chi connectivity index (χ3v) is 6.47. The van der Waals surface area contributed by atoms with Crippen molar-refractivity contribution in [1.82, 2.24) is 0 Å². The number of rotatable bonds is 16. The first-order valence-electron chi connectivity index (χ1n) is 14.2. The molecule has 0 saturated carbocycles. The Kier molecular flexibility index (Phi) is 12.1. The lowest BCUT2D eigenvalue weighted by molar-refractivity contribution is -0.139. The van der Waals surface area contributed by atoms with Crippen molar-refractivity contribution in [2.45, 2.75) is 59.3 Å². The first-order valence-corrected chi connectivity index (χ1v) is 14.2. The smallest absolute Gasteiger partial charge is 0.344 e. The highest BCUT2D eigenvalue weighted by Crippen LogP contribution is 2.28. The van der Waals surface area contributed by atoms with E-state index in [2.05, 4.69) is 25.8 Å². The van der Waals surface area contributed by atoms with Gasteiger partial charge in [-0.2, -0.15) is 0 Å². The van der Waals surface area contributed by atoms with Crippen molar-refractivity contribution in [2.75, 3.05) is 19.8 Å². The lowest BCUT2D eigenvalue weighted by Gasteiger charge is -2.12. The zero-order chi connectivity index (χ0) is 30.6. The Labute approximate surface area is 247 Å². The van der Waals surface area contributed by atoms with Crippen molar-refractivity contribution in [3.8, 4) is 16.9 Å². The van der Waals surface area contributed by atoms with Crippen LogP contribution in [0.3, 0.4) is 0 Å². The Hall–Kier alpha value is -4.23. The standard InChI is InChI=1S/C35H40O7/c1-23(2)22-39-17-9-8-12-28-19-26(11-7-10-18-40-33(36)24(3)4)20-29-21-31(35(38)42-32(28)29)27-13-15-30(16-14-27)41-34(37)25(5)6/h13-16,19-21H,1,3,5,7-12,17-18,22H2,2,4,6H3. The molecule has 0 spiro atoms. The van der Waals surface area contributed by atoms with Crippen LogP contribution in [-0.4, -0.2) is 31.8 Å². The number of fused-ring (bicyclic) bond motifs is 1. The van der Waals surface area contributed by atoms with Crippen LogP contribution in [0, 0.1) is 0 Å². The van der Waals surface area contributed by atoms with Gasteiger partial charge >= 0.3 is 17.6 Å². The van der Waals surface area contributed by atoms with Gasteiger partial charge in [-0.05, 0) is 100 Å². The van der Waals surface area contributed by atoms with Gasteiger partial charge in [0.25, 0.3) is 0 Å². The van der Waals surface area contributed by atoms with Crippen molar-refractivity contribution in [3.05, 3.63) is 100 Å². The molecule has 3 rings (SSSR count). The number of hydrogen-bond donors (Lipinski definition) is 0. The molecule has 7 nitrogen and oxygen atoms in total. The van der Waals surface area contributed by atoms with Crippen LogP contribution in [0.5, 0.6) is 5.75 Å². The second-order valence-electron chi connectivity index (χ2n) is 10.7. The molecule has 0 unspecified atom stereocenters. The highest BCUT2D eigenvalue weighted by molar-refractivity contribution is 5.89. The molecule has 0 fully saturated rings. The van der Waals surface area contributed by atoms with Crippen molar-refractivity contribution in [1.29, 1.82) is 0 Å². The average molecular weight is 573 g/mol. The van der Waals surface area contributed by atoms with E-state index in [1.807, 2.05) is 19.1 Å². The molecule has 0 saturated heterocycles. The molecule has 3 aromatic rings. The minimum absolute atomic E-state index is 0.299. The minimum atomic E-state index is -0.510. The normalized spacial score (nSPS) is 10.8. The van der Waals surface area contributed by atoms with Gasteiger partial charge in [-0.15, -0.1) is 0 Å². The molecule has 0 aliphatic rings. The maximum atomic E-state index is 13.1. The second kappa shape index (κ2) is 15.7. The van der Waals surface area contributed by atoms with Crippen LogP contribution in [0.25, 0.3) is 22.1 Å². The summed E-state index contributed by atoms with van der Waals surface area (Å²) in [6.45, 7) is 17.7. The van der Waals surface area contributed by atoms with Crippen molar-refractivity contribution >= 4 is 22.9 Å². The molecule has 42 heavy (non-hydrogen) atoms. The fraction of sp³-hybridized carbons (Fsp3) is 0.343. The predicted octanol–water partition coefficient (Wildman–Crippen LogP) is 7.30. The van der Waals surface area contributed by atoms with Crippen LogP contribution in [0.4, 0.5) is 0 Å². The lowest BCUT2D eigenvalue weighted by atomic mass is 9.97. The van der Waals surface area contributed by atoms with E-state index >= 15 is 0 Å². The lowest BCUT2D eigenvalue weighted by Crippen LogP contribution is -2.08. The van der Waals surface area contributed by atoms with Gasteiger partial charge in [0, 0.05) is 23.1 Å². The predicted molar refractivity (Wildman–Crippen MR) is 166 cm³/mol. The van der Waals surface area contributed by atoms with Crippen LogP contribution in [0.15, 0.2) is 88.1 Å². The summed E-state index contributed by atoms with van der Waals surface area (Å²) in [5.41, 5.74) is 4.98. The summed E-state index contributed by atoms with van der Waals surface area (Å²) in [5, 5.41) is 0.835. The minimum Gasteiger partial charge on any atom is -0.462 e. The van der Waals surface area contributed by atoms with Gasteiger partial charge < -0.3 is 18.6 Å². The molecule has 0 N–H and O–H groups in total. The maximum absolute atomic E-state index is 13.1. The molecule has 222 valence electrons. The van der Waals surface area contributed by atoms with E-state index in [0.717, 1.165) is 60.6 Å². The van der Waals surface area contributed by atoms with E-state index in [9.17, 15) is 14.4 Å². The summed E-state index contributed by atoms with van der Waals surface area (Å²) in [6, 6.07) is 12.7. The Morgan fingerprint density at radius 3 is 2.14 bits per heavy atom. The summed E-state index contributed by atoms with van der Waals surface area (Å²) in [4.78, 5) is 36.6. The van der Waals surface area contributed by atoms with Crippen molar-refractivity contribution in [2.24, 2.45) is 0 Å². The molecule has 0 aliphatic carbocycles. The SMILES string of the molecule is C=C(C)COCCCCc1cc(CCCCOC(=O)C(=C)C)cc2cc(-c3ccc(OC(=O)C(=C)C)cc3)c(=O)oc12. The fourth-order valence-corrected chi connectivity index (χ4v) is 4.29. The number of aryl methyl sites for hydroxylation is 2. The summed E-state index contributed by atoms with van der Waals surface area (Å²) < 4.78 is 22.0. The third kappa shape index (κ3) is 9.70. The van der Waals surface area contributed by atoms with Gasteiger partial charge in [0.2, 0.25) is 0 Å². The first-order chi connectivity index (χ1) is 20.0. The molecule has 7 heteroatoms. The molecule has 1 aromatic heterocycles. The highest BCUT2D eigenvalue weighted by atomic mass is 16.5. The molecule has 0 amide bonds. The van der Waals surface area contributed by atoms with Crippen LogP contribution < -0.4 is 10.4 Å². The summed E-state index contributed by atoms with van der Waals surface area (Å²) in [5.74, 6) is -0.521. The topological polar surface area (TPSA) is 92.0 Å². The Morgan fingerprint density at radius 1 is 0.810 bits per heavy atom. The largest absolute Gasteiger partial charge is 0.462 e. The number of esters is 2. The first kappa shape index (κ1) is 32.3. The Morgan fingerprint density at radius 2 is 1.48 bits per heavy atom. The monoisotopic (exact) mass is 572 g/mol. The van der Waals surface area contributed by atoms with Gasteiger partial charge in [0.05, 0.1) is 18.8 Å². The quantitative estimate of drug-likeness (QED) is 0.0444. The number of unbranched alkanes of at least 4 members (excludes halogenated alkanes) is 2. The summed E-state index contributed by atoms with van der Waals surface area (Å²) >= 11 is 0. The van der Waals surface area contributed by atoms with E-state index < -0.39 is 11.6 Å². The Balaban J connectivity index is 1.82. The molecule has 0 radical (unpaired) electrons. The van der Waals surface area contributed by atoms with E-state index in [0.29, 0.717) is 53.4 Å². The number of carbonyl (C=O) groups excluding carboxylic acids is 2. The van der Waals surface area contributed by atoms with Crippen molar-refractivity contribution in [3.63, 3.8) is 0 Å². The molecule has 0 aliphatic heterocycles. The van der Waals surface area contributed by atoms with Gasteiger partial charge in [-0.3, -0.25) is 0 Å². The van der Waals surface area contributed by atoms with Crippen LogP contribution in [0.1, 0.15) is 57.6 Å². The van der Waals surface area contributed by atoms with Gasteiger partial charge in [0.15, 0.2) is 0 Å². The zero-order valence-corrected chi connectivity index (χ0v) is 24.9. The zero-order valence-electron chi connectivity index (χ0n) is 24.9. The molecule has 0 atom stereocenters. The van der Waals surface area contributed by atoms with Crippen molar-refractivity contribution < 1.29 is 28.2 Å². The molecule has 2 aromatic carbocycles. The number of carbonyl (C=O) groups is 2. The second-order valence-corrected chi connectivity index (χ2v) is 10.7. The summed E-state index contributed by atoms with van der Waals surface area (Å²) in [6.07, 6.45) is 4.83. The van der Waals surface area contributed by atoms with Crippen LogP contribution >= 0.6 is 0 Å². The van der Waals surface area contributed by atoms with Gasteiger partial charge in [-0.1, -0.05) is 43.5 Å². The van der Waals surface area contributed by atoms with Crippen LogP contribution in [-0.2, 0) is 31.9 Å². The molecule has 1 heterocycles. The maximum Gasteiger partial charge on any atom is 0.344 e. The summed E-state index contributed by atoms with van der Waals surface area (Å²) in [7, 11) is 0. The van der Waals surface area contributed by atoms with Gasteiger partial charge in [-0.25, -0.2) is 14.4 Å². The molecule has 0 bridgehead atoms. The van der Waals surface area contributed by atoms with Crippen LogP contribution in [0.2, 0.25) is 0 Å². The van der Waals surface area contributed by atoms with Gasteiger partial charge in [0.1, 0.15) is 11.3 Å². The highest BCUT2D eigenvalue weighted by Gasteiger charge is 2.14. The molecular formula is C35H40O7.